The molecule has 0 bridgehead atoms. The largest absolute Gasteiger partial charge is 0.467 e. The van der Waals surface area contributed by atoms with Crippen LogP contribution in [0.3, 0.4) is 0 Å². The summed E-state index contributed by atoms with van der Waals surface area (Å²) in [4.78, 5) is 12.5. The summed E-state index contributed by atoms with van der Waals surface area (Å²) in [6.45, 7) is 6.07. The van der Waals surface area contributed by atoms with Gasteiger partial charge in [-0.3, -0.25) is 0 Å². The number of benzene rings is 1. The van der Waals surface area contributed by atoms with Gasteiger partial charge in [0.2, 0.25) is 11.6 Å². The van der Waals surface area contributed by atoms with Gasteiger partial charge in [-0.05, 0) is 44.7 Å². The fourth-order valence-corrected chi connectivity index (χ4v) is 1.45. The first-order valence-corrected chi connectivity index (χ1v) is 6.86. The quantitative estimate of drug-likeness (QED) is 0.758. The highest BCUT2D eigenvalue weighted by atomic mass is 16.5. The Morgan fingerprint density at radius 3 is 2.09 bits per heavy atom. The fraction of sp³-hybridized carbons (Fsp3) is 0.278. The van der Waals surface area contributed by atoms with Crippen molar-refractivity contribution in [3.05, 3.63) is 47.5 Å². The van der Waals surface area contributed by atoms with E-state index in [-0.39, 0.29) is 11.4 Å². The van der Waals surface area contributed by atoms with E-state index in [0.29, 0.717) is 11.6 Å². The molecule has 0 N–H and O–H groups in total. The molecule has 0 unspecified atom stereocenters. The summed E-state index contributed by atoms with van der Waals surface area (Å²) in [5, 5.41) is 0. The Kier molecular flexibility index (Phi) is 4.76. The summed E-state index contributed by atoms with van der Waals surface area (Å²) < 4.78 is 5.08. The van der Waals surface area contributed by atoms with Gasteiger partial charge < -0.3 is 4.74 Å². The van der Waals surface area contributed by atoms with E-state index in [1.54, 1.807) is 0 Å². The van der Waals surface area contributed by atoms with Gasteiger partial charge in [0.25, 0.3) is 0 Å². The maximum Gasteiger partial charge on any atom is 0.321 e. The van der Waals surface area contributed by atoms with Crippen LogP contribution in [0.4, 0.5) is 0 Å². The highest BCUT2D eigenvalue weighted by Gasteiger charge is 2.06. The lowest BCUT2D eigenvalue weighted by atomic mass is 9.98. The van der Waals surface area contributed by atoms with Crippen molar-refractivity contribution < 1.29 is 4.74 Å². The van der Waals surface area contributed by atoms with Crippen LogP contribution in [-0.4, -0.2) is 22.1 Å². The number of hydrogen-bond acceptors (Lipinski definition) is 4. The smallest absolute Gasteiger partial charge is 0.321 e. The predicted molar refractivity (Wildman–Crippen MR) is 85.1 cm³/mol. The van der Waals surface area contributed by atoms with Gasteiger partial charge in [0.05, 0.1) is 7.11 Å². The molecule has 4 nitrogen and oxygen atoms in total. The van der Waals surface area contributed by atoms with Crippen LogP contribution in [-0.2, 0) is 0 Å². The van der Waals surface area contributed by atoms with E-state index in [9.17, 15) is 0 Å². The molecular weight excluding hydrogens is 274 g/mol. The van der Waals surface area contributed by atoms with Crippen LogP contribution in [0.15, 0.2) is 30.3 Å². The molecular formula is C18H17N3O. The van der Waals surface area contributed by atoms with Crippen LogP contribution in [0.25, 0.3) is 0 Å². The van der Waals surface area contributed by atoms with Crippen molar-refractivity contribution in [2.45, 2.75) is 20.8 Å². The second kappa shape index (κ2) is 6.74. The minimum Gasteiger partial charge on any atom is -0.467 e. The number of ether oxygens (including phenoxy) is 1. The maximum absolute atomic E-state index is 5.08. The second-order valence-electron chi connectivity index (χ2n) is 5.59. The van der Waals surface area contributed by atoms with Crippen molar-refractivity contribution in [2.75, 3.05) is 7.11 Å². The first-order valence-electron chi connectivity index (χ1n) is 6.86. The lowest BCUT2D eigenvalue weighted by Crippen LogP contribution is -2.03. The zero-order valence-electron chi connectivity index (χ0n) is 13.1. The average Bonchev–Trinajstić information content (AvgIpc) is 2.51. The molecule has 0 saturated carbocycles. The molecule has 22 heavy (non-hydrogen) atoms. The third kappa shape index (κ3) is 4.92. The number of aromatic nitrogens is 3. The maximum atomic E-state index is 5.08. The van der Waals surface area contributed by atoms with Crippen molar-refractivity contribution in [3.63, 3.8) is 0 Å². The van der Waals surface area contributed by atoms with Gasteiger partial charge >= 0.3 is 6.01 Å². The highest BCUT2D eigenvalue weighted by Crippen LogP contribution is 2.10. The van der Waals surface area contributed by atoms with Crippen LogP contribution < -0.4 is 4.74 Å². The first kappa shape index (κ1) is 15.5. The van der Waals surface area contributed by atoms with Crippen molar-refractivity contribution in [1.29, 1.82) is 0 Å². The second-order valence-corrected chi connectivity index (χ2v) is 5.59. The van der Waals surface area contributed by atoms with Crippen LogP contribution in [0, 0.1) is 29.1 Å². The molecule has 1 heterocycles. The number of hydrogen-bond donors (Lipinski definition) is 0. The summed E-state index contributed by atoms with van der Waals surface area (Å²) >= 11 is 0. The van der Waals surface area contributed by atoms with Crippen molar-refractivity contribution in [3.8, 4) is 29.7 Å². The SMILES string of the molecule is COc1nc(C#Cc2ccccc2)nc(C#CC(C)(C)C)n1. The fourth-order valence-electron chi connectivity index (χ4n) is 1.45. The van der Waals surface area contributed by atoms with Crippen molar-refractivity contribution in [1.82, 2.24) is 15.0 Å². The molecule has 1 aromatic carbocycles. The Hall–Kier alpha value is -2.85. The predicted octanol–water partition coefficient (Wildman–Crippen LogP) is 2.68. The number of nitrogens with zero attached hydrogens (tertiary/aromatic N) is 3. The molecule has 0 radical (unpaired) electrons. The van der Waals surface area contributed by atoms with E-state index < -0.39 is 0 Å². The molecule has 0 fully saturated rings. The van der Waals surface area contributed by atoms with Gasteiger partial charge in [-0.1, -0.05) is 30.0 Å². The Labute approximate surface area is 131 Å². The van der Waals surface area contributed by atoms with E-state index in [4.69, 9.17) is 4.74 Å². The zero-order chi connectivity index (χ0) is 16.0. The molecule has 1 aromatic heterocycles. The summed E-state index contributed by atoms with van der Waals surface area (Å²) in [5.41, 5.74) is 0.764. The summed E-state index contributed by atoms with van der Waals surface area (Å²) in [6, 6.07) is 9.86. The Bertz CT molecular complexity index is 769. The van der Waals surface area contributed by atoms with E-state index >= 15 is 0 Å². The molecule has 0 spiro atoms. The average molecular weight is 291 g/mol. The Morgan fingerprint density at radius 2 is 1.50 bits per heavy atom. The molecule has 0 aliphatic heterocycles. The third-order valence-corrected chi connectivity index (χ3v) is 2.44. The molecule has 0 aliphatic rings. The van der Waals surface area contributed by atoms with Gasteiger partial charge in [-0.2, -0.15) is 15.0 Å². The van der Waals surface area contributed by atoms with Gasteiger partial charge in [0.1, 0.15) is 0 Å². The molecule has 2 aromatic rings. The minimum absolute atomic E-state index is 0.129. The van der Waals surface area contributed by atoms with E-state index in [1.165, 1.54) is 7.11 Å². The van der Waals surface area contributed by atoms with Crippen LogP contribution in [0.1, 0.15) is 38.0 Å². The molecule has 0 aliphatic carbocycles. The van der Waals surface area contributed by atoms with Crippen LogP contribution >= 0.6 is 0 Å². The topological polar surface area (TPSA) is 47.9 Å². The lowest BCUT2D eigenvalue weighted by Gasteiger charge is -2.06. The van der Waals surface area contributed by atoms with Crippen molar-refractivity contribution >= 4 is 0 Å². The molecule has 0 saturated heterocycles. The molecule has 0 amide bonds. The van der Waals surface area contributed by atoms with Crippen molar-refractivity contribution in [2.24, 2.45) is 5.41 Å². The standard InChI is InChI=1S/C18H17N3O/c1-18(2,3)13-12-16-19-15(20-17(21-16)22-4)11-10-14-8-6-5-7-9-14/h5-9H,1-4H3. The van der Waals surface area contributed by atoms with Crippen LogP contribution in [0.5, 0.6) is 6.01 Å². The lowest BCUT2D eigenvalue weighted by molar-refractivity contribution is 0.376. The monoisotopic (exact) mass is 291 g/mol. The summed E-state index contributed by atoms with van der Waals surface area (Å²) in [5.74, 6) is 12.6. The molecule has 0 atom stereocenters. The van der Waals surface area contributed by atoms with Gasteiger partial charge in [0, 0.05) is 11.0 Å². The highest BCUT2D eigenvalue weighted by molar-refractivity contribution is 5.38. The first-order chi connectivity index (χ1) is 10.5. The van der Waals surface area contributed by atoms with Gasteiger partial charge in [-0.15, -0.1) is 0 Å². The molecule has 2 rings (SSSR count). The Balaban J connectivity index is 2.36. The summed E-state index contributed by atoms with van der Waals surface area (Å²) in [7, 11) is 1.50. The Morgan fingerprint density at radius 1 is 0.864 bits per heavy atom. The number of rotatable bonds is 1. The van der Waals surface area contributed by atoms with Gasteiger partial charge in [-0.25, -0.2) is 0 Å². The van der Waals surface area contributed by atoms with E-state index in [0.717, 1.165) is 5.56 Å². The normalized spacial score (nSPS) is 10.0. The number of methoxy groups -OCH3 is 1. The summed E-state index contributed by atoms with van der Waals surface area (Å²) in [6.07, 6.45) is 0. The van der Waals surface area contributed by atoms with E-state index in [1.807, 2.05) is 51.1 Å². The third-order valence-electron chi connectivity index (χ3n) is 2.44. The molecule has 110 valence electrons. The zero-order valence-corrected chi connectivity index (χ0v) is 13.1. The van der Waals surface area contributed by atoms with E-state index in [2.05, 4.69) is 38.6 Å². The molecule has 4 heteroatoms. The van der Waals surface area contributed by atoms with Crippen LogP contribution in [0.2, 0.25) is 0 Å². The van der Waals surface area contributed by atoms with Gasteiger partial charge in [0.15, 0.2) is 0 Å². The minimum atomic E-state index is -0.129.